The van der Waals surface area contributed by atoms with E-state index in [0.29, 0.717) is 28.3 Å². The summed E-state index contributed by atoms with van der Waals surface area (Å²) in [5, 5.41) is 13.4. The maximum atomic E-state index is 12.5. The number of benzene rings is 2. The summed E-state index contributed by atoms with van der Waals surface area (Å²) in [6.07, 6.45) is -0.356. The summed E-state index contributed by atoms with van der Waals surface area (Å²) in [5.74, 6) is 0.165. The number of ether oxygens (including phenoxy) is 2. The van der Waals surface area contributed by atoms with Gasteiger partial charge in [-0.15, -0.1) is 0 Å². The molecule has 1 heterocycles. The molecule has 1 atom stereocenters. The Hall–Kier alpha value is -2.86. The first-order valence-electron chi connectivity index (χ1n) is 7.37. The number of aliphatic hydroxyl groups is 1. The summed E-state index contributed by atoms with van der Waals surface area (Å²) < 4.78 is 10.2. The lowest BCUT2D eigenvalue weighted by molar-refractivity contribution is -0.133. The zero-order valence-electron chi connectivity index (χ0n) is 13.3. The van der Waals surface area contributed by atoms with Gasteiger partial charge in [-0.3, -0.25) is 9.59 Å². The molecule has 6 heteroatoms. The molecule has 0 spiro atoms. The fraction of sp³-hybridized carbons (Fsp3) is 0.222. The van der Waals surface area contributed by atoms with Gasteiger partial charge in [0.1, 0.15) is 11.5 Å². The number of rotatable bonds is 5. The van der Waals surface area contributed by atoms with Crippen molar-refractivity contribution in [2.24, 2.45) is 0 Å². The van der Waals surface area contributed by atoms with E-state index in [1.165, 1.54) is 14.2 Å². The van der Waals surface area contributed by atoms with Crippen molar-refractivity contribution in [1.82, 2.24) is 0 Å². The number of anilines is 1. The molecular formula is C18H17NO5. The molecule has 2 N–H and O–H groups in total. The smallest absolute Gasteiger partial charge is 0.261 e. The number of amides is 1. The van der Waals surface area contributed by atoms with Crippen LogP contribution in [0.4, 0.5) is 5.69 Å². The van der Waals surface area contributed by atoms with E-state index >= 15 is 0 Å². The molecule has 6 nitrogen and oxygen atoms in total. The summed E-state index contributed by atoms with van der Waals surface area (Å²) in [6.45, 7) is 0. The molecule has 0 aromatic heterocycles. The van der Waals surface area contributed by atoms with Gasteiger partial charge in [0.05, 0.1) is 20.6 Å². The Balaban J connectivity index is 1.91. The zero-order chi connectivity index (χ0) is 17.3. The number of nitrogens with one attached hydrogen (secondary N) is 1. The molecule has 0 unspecified atom stereocenters. The number of carbonyl (C=O) groups excluding carboxylic acids is 2. The van der Waals surface area contributed by atoms with Gasteiger partial charge in [-0.2, -0.15) is 0 Å². The SMILES string of the molecule is COc1ccc(C(=O)C[C@]2(O)C(=O)Nc3ccc(OC)cc32)cc1. The first kappa shape index (κ1) is 16.0. The quantitative estimate of drug-likeness (QED) is 0.822. The first-order chi connectivity index (χ1) is 11.5. The Morgan fingerprint density at radius 2 is 1.71 bits per heavy atom. The Labute approximate surface area is 139 Å². The van der Waals surface area contributed by atoms with Crippen LogP contribution in [0.2, 0.25) is 0 Å². The molecule has 0 saturated heterocycles. The van der Waals surface area contributed by atoms with Gasteiger partial charge in [0, 0.05) is 16.8 Å². The van der Waals surface area contributed by atoms with Crippen molar-refractivity contribution >= 4 is 17.4 Å². The highest BCUT2D eigenvalue weighted by atomic mass is 16.5. The van der Waals surface area contributed by atoms with Crippen molar-refractivity contribution in [1.29, 1.82) is 0 Å². The van der Waals surface area contributed by atoms with Gasteiger partial charge in [-0.25, -0.2) is 0 Å². The van der Waals surface area contributed by atoms with Gasteiger partial charge >= 0.3 is 0 Å². The second kappa shape index (κ2) is 5.98. The molecule has 124 valence electrons. The molecule has 24 heavy (non-hydrogen) atoms. The molecule has 0 saturated carbocycles. The number of hydrogen-bond acceptors (Lipinski definition) is 5. The van der Waals surface area contributed by atoms with Gasteiger partial charge in [0.2, 0.25) is 0 Å². The fourth-order valence-electron chi connectivity index (χ4n) is 2.74. The second-order valence-electron chi connectivity index (χ2n) is 5.55. The number of hydrogen-bond donors (Lipinski definition) is 2. The van der Waals surface area contributed by atoms with Crippen LogP contribution in [-0.4, -0.2) is 31.0 Å². The highest BCUT2D eigenvalue weighted by Crippen LogP contribution is 2.40. The number of fused-ring (bicyclic) bond motifs is 1. The van der Waals surface area contributed by atoms with Crippen molar-refractivity contribution in [2.75, 3.05) is 19.5 Å². The lowest BCUT2D eigenvalue weighted by Crippen LogP contribution is -2.36. The summed E-state index contributed by atoms with van der Waals surface area (Å²) >= 11 is 0. The maximum Gasteiger partial charge on any atom is 0.261 e. The second-order valence-corrected chi connectivity index (χ2v) is 5.55. The van der Waals surface area contributed by atoms with Gasteiger partial charge in [0.25, 0.3) is 5.91 Å². The van der Waals surface area contributed by atoms with E-state index in [2.05, 4.69) is 5.32 Å². The van der Waals surface area contributed by atoms with Crippen LogP contribution < -0.4 is 14.8 Å². The lowest BCUT2D eigenvalue weighted by atomic mass is 9.88. The number of Topliss-reactive ketones (excluding diaryl/α,β-unsaturated/α-hetero) is 1. The summed E-state index contributed by atoms with van der Waals surface area (Å²) in [6, 6.07) is 11.4. The molecule has 1 amide bonds. The molecule has 2 aromatic rings. The molecule has 0 fully saturated rings. The Morgan fingerprint density at radius 3 is 2.33 bits per heavy atom. The van der Waals surface area contributed by atoms with Gasteiger partial charge in [-0.05, 0) is 42.5 Å². The highest BCUT2D eigenvalue weighted by Gasteiger charge is 2.47. The zero-order valence-corrected chi connectivity index (χ0v) is 13.3. The van der Waals surface area contributed by atoms with E-state index in [1.807, 2.05) is 0 Å². The van der Waals surface area contributed by atoms with Crippen molar-refractivity contribution in [2.45, 2.75) is 12.0 Å². The third-order valence-electron chi connectivity index (χ3n) is 4.12. The van der Waals surface area contributed by atoms with Crippen LogP contribution in [0.15, 0.2) is 42.5 Å². The minimum absolute atomic E-state index is 0.341. The molecule has 0 bridgehead atoms. The van der Waals surface area contributed by atoms with Crippen LogP contribution in [0.25, 0.3) is 0 Å². The van der Waals surface area contributed by atoms with E-state index in [-0.39, 0.29) is 12.2 Å². The standard InChI is InChI=1S/C18H17NO5/c1-23-12-5-3-11(4-6-12)16(20)10-18(22)14-9-13(24-2)7-8-15(14)19-17(18)21/h3-9,22H,10H2,1-2H3,(H,19,21)/t18-/m1/s1. The van der Waals surface area contributed by atoms with Crippen LogP contribution in [0.5, 0.6) is 11.5 Å². The number of methoxy groups -OCH3 is 2. The summed E-state index contributed by atoms with van der Waals surface area (Å²) in [5.41, 5.74) is -0.700. The topological polar surface area (TPSA) is 84.9 Å². The van der Waals surface area contributed by atoms with Crippen molar-refractivity contribution in [3.63, 3.8) is 0 Å². The molecule has 1 aliphatic heterocycles. The lowest BCUT2D eigenvalue weighted by Gasteiger charge is -2.20. The first-order valence-corrected chi connectivity index (χ1v) is 7.37. The number of ketones is 1. The third-order valence-corrected chi connectivity index (χ3v) is 4.12. The number of carbonyl (C=O) groups is 2. The minimum atomic E-state index is -1.92. The van der Waals surface area contributed by atoms with E-state index in [0.717, 1.165) is 0 Å². The Bertz CT molecular complexity index is 800. The van der Waals surface area contributed by atoms with E-state index in [9.17, 15) is 14.7 Å². The van der Waals surface area contributed by atoms with Crippen LogP contribution in [-0.2, 0) is 10.4 Å². The van der Waals surface area contributed by atoms with Gasteiger partial charge in [-0.1, -0.05) is 0 Å². The predicted molar refractivity (Wildman–Crippen MR) is 87.5 cm³/mol. The van der Waals surface area contributed by atoms with Crippen molar-refractivity contribution < 1.29 is 24.2 Å². The molecule has 3 rings (SSSR count). The van der Waals surface area contributed by atoms with Crippen LogP contribution >= 0.6 is 0 Å². The molecule has 1 aliphatic rings. The van der Waals surface area contributed by atoms with Crippen molar-refractivity contribution in [3.05, 3.63) is 53.6 Å². The normalized spacial score (nSPS) is 18.7. The molecule has 2 aromatic carbocycles. The Kier molecular flexibility index (Phi) is 3.99. The fourth-order valence-corrected chi connectivity index (χ4v) is 2.74. The molecular weight excluding hydrogens is 310 g/mol. The molecule has 0 radical (unpaired) electrons. The average Bonchev–Trinajstić information content (AvgIpc) is 2.85. The average molecular weight is 327 g/mol. The van der Waals surface area contributed by atoms with Gasteiger partial charge < -0.3 is 19.9 Å². The van der Waals surface area contributed by atoms with Gasteiger partial charge in [0.15, 0.2) is 11.4 Å². The Morgan fingerprint density at radius 1 is 1.08 bits per heavy atom. The highest BCUT2D eigenvalue weighted by molar-refractivity contribution is 6.09. The maximum absolute atomic E-state index is 12.5. The van der Waals surface area contributed by atoms with Crippen LogP contribution in [0, 0.1) is 0 Å². The minimum Gasteiger partial charge on any atom is -0.497 e. The van der Waals surface area contributed by atoms with Crippen LogP contribution in [0.1, 0.15) is 22.3 Å². The predicted octanol–water partition coefficient (Wildman–Crippen LogP) is 2.12. The largest absolute Gasteiger partial charge is 0.497 e. The van der Waals surface area contributed by atoms with Crippen molar-refractivity contribution in [3.8, 4) is 11.5 Å². The monoisotopic (exact) mass is 327 g/mol. The van der Waals surface area contributed by atoms with E-state index in [4.69, 9.17) is 9.47 Å². The summed E-state index contributed by atoms with van der Waals surface area (Å²) in [4.78, 5) is 24.7. The van der Waals surface area contributed by atoms with E-state index in [1.54, 1.807) is 42.5 Å². The molecule has 0 aliphatic carbocycles. The third kappa shape index (κ3) is 2.61. The van der Waals surface area contributed by atoms with E-state index < -0.39 is 11.5 Å². The summed E-state index contributed by atoms with van der Waals surface area (Å²) in [7, 11) is 3.03. The van der Waals surface area contributed by atoms with Crippen LogP contribution in [0.3, 0.4) is 0 Å².